The molecule has 2 nitrogen and oxygen atoms in total. The summed E-state index contributed by atoms with van der Waals surface area (Å²) in [5.41, 5.74) is 3.64. The summed E-state index contributed by atoms with van der Waals surface area (Å²) in [7, 11) is 0. The minimum Gasteiger partial charge on any atom is -0.423 e. The van der Waals surface area contributed by atoms with E-state index in [4.69, 9.17) is 4.74 Å². The van der Waals surface area contributed by atoms with Crippen molar-refractivity contribution in [3.63, 3.8) is 0 Å². The van der Waals surface area contributed by atoms with Crippen LogP contribution in [-0.2, 0) is 0 Å². The molecule has 0 spiro atoms. The van der Waals surface area contributed by atoms with E-state index < -0.39 is 0 Å². The van der Waals surface area contributed by atoms with Crippen molar-refractivity contribution in [2.75, 3.05) is 0 Å². The van der Waals surface area contributed by atoms with Crippen LogP contribution in [0.3, 0.4) is 0 Å². The molecule has 2 heteroatoms. The van der Waals surface area contributed by atoms with Gasteiger partial charge in [-0.15, -0.1) is 0 Å². The number of carbonyl (C=O) groups excluding carboxylic acids is 1. The molecule has 0 atom stereocenters. The lowest BCUT2D eigenvalue weighted by atomic mass is 9.99. The van der Waals surface area contributed by atoms with Crippen LogP contribution in [-0.4, -0.2) is 5.97 Å². The van der Waals surface area contributed by atoms with Gasteiger partial charge in [0, 0.05) is 0 Å². The Labute approximate surface area is 130 Å². The summed E-state index contributed by atoms with van der Waals surface area (Å²) in [5.74, 6) is 0.202. The van der Waals surface area contributed by atoms with Gasteiger partial charge in [-0.3, -0.25) is 0 Å². The SMILES string of the molecule is Cc1ccc(-c2ccccc2C(=O)Oc2ccccc2)cc1. The second-order valence-electron chi connectivity index (χ2n) is 5.11. The third-order valence-electron chi connectivity index (χ3n) is 3.46. The molecule has 0 fully saturated rings. The third-order valence-corrected chi connectivity index (χ3v) is 3.46. The summed E-state index contributed by atoms with van der Waals surface area (Å²) in [6.07, 6.45) is 0. The molecule has 0 aliphatic rings. The minimum absolute atomic E-state index is 0.345. The Kier molecular flexibility index (Phi) is 4.01. The normalized spacial score (nSPS) is 10.2. The fourth-order valence-electron chi connectivity index (χ4n) is 2.30. The van der Waals surface area contributed by atoms with Crippen LogP contribution in [0.1, 0.15) is 15.9 Å². The van der Waals surface area contributed by atoms with Crippen molar-refractivity contribution in [2.24, 2.45) is 0 Å². The largest absolute Gasteiger partial charge is 0.423 e. The van der Waals surface area contributed by atoms with Gasteiger partial charge in [-0.2, -0.15) is 0 Å². The van der Waals surface area contributed by atoms with Gasteiger partial charge in [0.15, 0.2) is 0 Å². The first-order chi connectivity index (χ1) is 10.7. The Morgan fingerprint density at radius 2 is 1.41 bits per heavy atom. The second-order valence-corrected chi connectivity index (χ2v) is 5.11. The van der Waals surface area contributed by atoms with Gasteiger partial charge in [0.2, 0.25) is 0 Å². The highest BCUT2D eigenvalue weighted by Crippen LogP contribution is 2.25. The van der Waals surface area contributed by atoms with Crippen molar-refractivity contribution in [1.82, 2.24) is 0 Å². The highest BCUT2D eigenvalue weighted by atomic mass is 16.5. The molecule has 0 unspecified atom stereocenters. The molecule has 108 valence electrons. The van der Waals surface area contributed by atoms with Crippen molar-refractivity contribution in [1.29, 1.82) is 0 Å². The molecule has 3 aromatic rings. The highest BCUT2D eigenvalue weighted by Gasteiger charge is 2.14. The standard InChI is InChI=1S/C20H16O2/c1-15-11-13-16(14-12-15)18-9-5-6-10-19(18)20(21)22-17-7-3-2-4-8-17/h2-14H,1H3. The lowest BCUT2D eigenvalue weighted by molar-refractivity contribution is 0.0735. The summed E-state index contributed by atoms with van der Waals surface area (Å²) < 4.78 is 5.45. The van der Waals surface area contributed by atoms with E-state index in [0.29, 0.717) is 11.3 Å². The van der Waals surface area contributed by atoms with Crippen molar-refractivity contribution in [3.8, 4) is 16.9 Å². The van der Waals surface area contributed by atoms with Gasteiger partial charge < -0.3 is 4.74 Å². The van der Waals surface area contributed by atoms with Gasteiger partial charge in [-0.25, -0.2) is 4.79 Å². The summed E-state index contributed by atoms with van der Waals surface area (Å²) in [6, 6.07) is 24.7. The van der Waals surface area contributed by atoms with Crippen LogP contribution in [0.4, 0.5) is 0 Å². The molecule has 3 aromatic carbocycles. The number of para-hydroxylation sites is 1. The van der Waals surface area contributed by atoms with E-state index >= 15 is 0 Å². The number of ether oxygens (including phenoxy) is 1. The van der Waals surface area contributed by atoms with Gasteiger partial charge in [-0.1, -0.05) is 66.2 Å². The van der Waals surface area contributed by atoms with Crippen LogP contribution in [0.15, 0.2) is 78.9 Å². The molecule has 0 N–H and O–H groups in total. The maximum Gasteiger partial charge on any atom is 0.344 e. The number of rotatable bonds is 3. The Balaban J connectivity index is 1.94. The molecule has 0 aliphatic carbocycles. The summed E-state index contributed by atoms with van der Waals surface area (Å²) >= 11 is 0. The van der Waals surface area contributed by atoms with Gasteiger partial charge in [-0.05, 0) is 36.2 Å². The smallest absolute Gasteiger partial charge is 0.344 e. The lowest BCUT2D eigenvalue weighted by Crippen LogP contribution is -2.09. The van der Waals surface area contributed by atoms with Crippen molar-refractivity contribution >= 4 is 5.97 Å². The van der Waals surface area contributed by atoms with Gasteiger partial charge in [0.25, 0.3) is 0 Å². The predicted octanol–water partition coefficient (Wildman–Crippen LogP) is 4.88. The fourth-order valence-corrected chi connectivity index (χ4v) is 2.30. The quantitative estimate of drug-likeness (QED) is 0.507. The van der Waals surface area contributed by atoms with Crippen molar-refractivity contribution in [3.05, 3.63) is 90.0 Å². The molecule has 0 radical (unpaired) electrons. The Morgan fingerprint density at radius 1 is 0.773 bits per heavy atom. The average molecular weight is 288 g/mol. The van der Waals surface area contributed by atoms with Gasteiger partial charge in [0.05, 0.1) is 5.56 Å². The summed E-state index contributed by atoms with van der Waals surface area (Å²) in [4.78, 5) is 12.5. The summed E-state index contributed by atoms with van der Waals surface area (Å²) in [5, 5.41) is 0. The molecule has 0 heterocycles. The van der Waals surface area contributed by atoms with Crippen molar-refractivity contribution < 1.29 is 9.53 Å². The zero-order valence-electron chi connectivity index (χ0n) is 12.3. The van der Waals surface area contributed by atoms with Crippen molar-refractivity contribution in [2.45, 2.75) is 6.92 Å². The van der Waals surface area contributed by atoms with E-state index in [1.807, 2.05) is 67.6 Å². The first-order valence-corrected chi connectivity index (χ1v) is 7.17. The van der Waals surface area contributed by atoms with Gasteiger partial charge in [0.1, 0.15) is 5.75 Å². The highest BCUT2D eigenvalue weighted by molar-refractivity contribution is 5.98. The first kappa shape index (κ1) is 14.1. The Hall–Kier alpha value is -2.87. The molecular weight excluding hydrogens is 272 g/mol. The van der Waals surface area contributed by atoms with Crippen LogP contribution in [0.25, 0.3) is 11.1 Å². The molecule has 0 aromatic heterocycles. The molecule has 0 saturated heterocycles. The number of benzene rings is 3. The maximum absolute atomic E-state index is 12.5. The first-order valence-electron chi connectivity index (χ1n) is 7.17. The topological polar surface area (TPSA) is 26.3 Å². The van der Waals surface area contributed by atoms with Crippen LogP contribution in [0.2, 0.25) is 0 Å². The molecule has 0 amide bonds. The van der Waals surface area contributed by atoms with Crippen LogP contribution < -0.4 is 4.74 Å². The van der Waals surface area contributed by atoms with Crippen LogP contribution in [0, 0.1) is 6.92 Å². The Bertz CT molecular complexity index is 774. The van der Waals surface area contributed by atoms with E-state index in [9.17, 15) is 4.79 Å². The zero-order chi connectivity index (χ0) is 15.4. The molecule has 0 saturated carbocycles. The van der Waals surface area contributed by atoms with E-state index in [1.165, 1.54) is 5.56 Å². The summed E-state index contributed by atoms with van der Waals surface area (Å²) in [6.45, 7) is 2.04. The number of aryl methyl sites for hydroxylation is 1. The third kappa shape index (κ3) is 3.07. The van der Waals surface area contributed by atoms with Gasteiger partial charge >= 0.3 is 5.97 Å². The number of hydrogen-bond donors (Lipinski definition) is 0. The fraction of sp³-hybridized carbons (Fsp3) is 0.0500. The van der Waals surface area contributed by atoms with E-state index in [2.05, 4.69) is 0 Å². The number of hydrogen-bond acceptors (Lipinski definition) is 2. The van der Waals surface area contributed by atoms with E-state index in [0.717, 1.165) is 11.1 Å². The average Bonchev–Trinajstić information content (AvgIpc) is 2.56. The predicted molar refractivity (Wildman–Crippen MR) is 88.0 cm³/mol. The molecule has 0 bridgehead atoms. The Morgan fingerprint density at radius 3 is 2.14 bits per heavy atom. The van der Waals surface area contributed by atoms with E-state index in [1.54, 1.807) is 18.2 Å². The molecular formula is C20H16O2. The monoisotopic (exact) mass is 288 g/mol. The van der Waals surface area contributed by atoms with Crippen LogP contribution >= 0.6 is 0 Å². The number of esters is 1. The molecule has 0 aliphatic heterocycles. The lowest BCUT2D eigenvalue weighted by Gasteiger charge is -2.10. The maximum atomic E-state index is 12.5. The molecule has 22 heavy (non-hydrogen) atoms. The number of carbonyl (C=O) groups is 1. The zero-order valence-corrected chi connectivity index (χ0v) is 12.3. The van der Waals surface area contributed by atoms with Crippen LogP contribution in [0.5, 0.6) is 5.75 Å². The minimum atomic E-state index is -0.345. The molecule has 3 rings (SSSR count). The van der Waals surface area contributed by atoms with E-state index in [-0.39, 0.29) is 5.97 Å². The second kappa shape index (κ2) is 6.27.